The monoisotopic (exact) mass is 453 g/mol. The number of benzene rings is 2. The number of ether oxygens (including phenoxy) is 1. The highest BCUT2D eigenvalue weighted by Crippen LogP contribution is 2.34. The van der Waals surface area contributed by atoms with Crippen LogP contribution in [0.1, 0.15) is 29.9 Å². The minimum Gasteiger partial charge on any atom is -0.494 e. The van der Waals surface area contributed by atoms with E-state index < -0.39 is 11.6 Å². The van der Waals surface area contributed by atoms with Crippen LogP contribution in [-0.2, 0) is 6.54 Å². The number of hydrogen-bond donors (Lipinski definition) is 2. The molecule has 33 heavy (non-hydrogen) atoms. The van der Waals surface area contributed by atoms with Crippen LogP contribution in [0, 0.1) is 17.6 Å². The number of likely N-dealkylation sites (tertiary alicyclic amines) is 1. The van der Waals surface area contributed by atoms with Crippen molar-refractivity contribution < 1.29 is 13.5 Å². The van der Waals surface area contributed by atoms with Gasteiger partial charge in [0.15, 0.2) is 0 Å². The van der Waals surface area contributed by atoms with Crippen LogP contribution >= 0.6 is 0 Å². The normalized spacial score (nSPS) is 23.7. The fourth-order valence-corrected chi connectivity index (χ4v) is 5.29. The maximum atomic E-state index is 14.5. The molecule has 2 fully saturated rings. The summed E-state index contributed by atoms with van der Waals surface area (Å²) in [5.41, 5.74) is 8.67. The van der Waals surface area contributed by atoms with Gasteiger partial charge in [0.1, 0.15) is 23.1 Å². The highest BCUT2D eigenvalue weighted by atomic mass is 19.1. The molecule has 2 aliphatic heterocycles. The van der Waals surface area contributed by atoms with E-state index in [1.54, 1.807) is 7.11 Å². The number of nitrogens with zero attached hydrogens (tertiary/aromatic N) is 3. The van der Waals surface area contributed by atoms with Crippen LogP contribution in [-0.4, -0.2) is 47.5 Å². The van der Waals surface area contributed by atoms with Gasteiger partial charge in [-0.2, -0.15) is 5.10 Å². The lowest BCUT2D eigenvalue weighted by Crippen LogP contribution is -2.46. The van der Waals surface area contributed by atoms with Gasteiger partial charge in [-0.3, -0.25) is 15.8 Å². The fraction of sp³-hybridized carbons (Fsp3) is 0.400. The standard InChI is InChI=1S/C25H29F2N5O/c1-33-23-10-3-2-9-22(23)32-15-17(12-29-32)14-31-11-5-6-18(16-31)25-19(13-28-30-25)24-20(26)7-4-8-21(24)27/h2-4,7-10,12,15,18-19,25,28,30H,5-6,11,13-14,16H2,1H3. The molecule has 3 aromatic rings. The molecule has 5 rings (SSSR count). The van der Waals surface area contributed by atoms with Gasteiger partial charge in [0, 0.05) is 48.9 Å². The first-order chi connectivity index (χ1) is 16.1. The number of halogens is 2. The van der Waals surface area contributed by atoms with E-state index in [0.717, 1.165) is 49.5 Å². The summed E-state index contributed by atoms with van der Waals surface area (Å²) < 4.78 is 36.3. The molecular formula is C25H29F2N5O. The Hall–Kier alpha value is -2.81. The molecule has 1 aromatic heterocycles. The maximum Gasteiger partial charge on any atom is 0.144 e. The molecule has 8 heteroatoms. The van der Waals surface area contributed by atoms with E-state index in [-0.39, 0.29) is 17.5 Å². The van der Waals surface area contributed by atoms with E-state index in [2.05, 4.69) is 20.9 Å². The number of hydrazine groups is 1. The summed E-state index contributed by atoms with van der Waals surface area (Å²) in [4.78, 5) is 2.41. The Morgan fingerprint density at radius 2 is 1.94 bits per heavy atom. The summed E-state index contributed by atoms with van der Waals surface area (Å²) in [5, 5.41) is 4.53. The van der Waals surface area contributed by atoms with Crippen LogP contribution in [0.4, 0.5) is 8.78 Å². The summed E-state index contributed by atoms with van der Waals surface area (Å²) >= 11 is 0. The molecule has 3 heterocycles. The fourth-order valence-electron chi connectivity index (χ4n) is 5.29. The average molecular weight is 454 g/mol. The predicted octanol–water partition coefficient (Wildman–Crippen LogP) is 3.63. The summed E-state index contributed by atoms with van der Waals surface area (Å²) in [5.74, 6) is -0.0956. The third-order valence-electron chi connectivity index (χ3n) is 6.82. The first kappa shape index (κ1) is 22.0. The molecule has 2 saturated heterocycles. The quantitative estimate of drug-likeness (QED) is 0.597. The van der Waals surface area contributed by atoms with Crippen molar-refractivity contribution in [1.29, 1.82) is 0 Å². The lowest BCUT2D eigenvalue weighted by Gasteiger charge is -2.37. The average Bonchev–Trinajstić information content (AvgIpc) is 3.49. The molecule has 6 nitrogen and oxygen atoms in total. The van der Waals surface area contributed by atoms with E-state index in [0.29, 0.717) is 12.5 Å². The summed E-state index contributed by atoms with van der Waals surface area (Å²) in [7, 11) is 1.66. The van der Waals surface area contributed by atoms with Crippen molar-refractivity contribution in [3.63, 3.8) is 0 Å². The zero-order valence-corrected chi connectivity index (χ0v) is 18.7. The molecule has 0 aliphatic carbocycles. The van der Waals surface area contributed by atoms with E-state index in [1.165, 1.54) is 18.2 Å². The summed E-state index contributed by atoms with van der Waals surface area (Å²) in [6.07, 6.45) is 6.01. The Morgan fingerprint density at radius 1 is 1.12 bits per heavy atom. The maximum absolute atomic E-state index is 14.5. The molecule has 0 saturated carbocycles. The minimum absolute atomic E-state index is 0.0181. The van der Waals surface area contributed by atoms with Gasteiger partial charge in [-0.05, 0) is 49.6 Å². The second-order valence-electron chi connectivity index (χ2n) is 8.90. The van der Waals surface area contributed by atoms with Crippen LogP contribution in [0.5, 0.6) is 5.75 Å². The third kappa shape index (κ3) is 4.51. The molecule has 3 unspecified atom stereocenters. The van der Waals surface area contributed by atoms with Crippen molar-refractivity contribution in [3.05, 3.63) is 77.6 Å². The molecule has 3 atom stereocenters. The number of hydrogen-bond acceptors (Lipinski definition) is 5. The molecule has 0 radical (unpaired) electrons. The molecule has 2 aliphatic rings. The second-order valence-corrected chi connectivity index (χ2v) is 8.90. The van der Waals surface area contributed by atoms with Crippen LogP contribution in [0.3, 0.4) is 0 Å². The van der Waals surface area contributed by atoms with Crippen molar-refractivity contribution >= 4 is 0 Å². The van der Waals surface area contributed by atoms with Gasteiger partial charge in [0.2, 0.25) is 0 Å². The number of nitrogens with one attached hydrogen (secondary N) is 2. The van der Waals surface area contributed by atoms with Gasteiger partial charge >= 0.3 is 0 Å². The molecule has 2 N–H and O–H groups in total. The van der Waals surface area contributed by atoms with E-state index in [4.69, 9.17) is 4.74 Å². The number of aromatic nitrogens is 2. The van der Waals surface area contributed by atoms with Gasteiger partial charge in [0.25, 0.3) is 0 Å². The summed E-state index contributed by atoms with van der Waals surface area (Å²) in [6, 6.07) is 11.9. The van der Waals surface area contributed by atoms with Crippen molar-refractivity contribution in [3.8, 4) is 11.4 Å². The van der Waals surface area contributed by atoms with Gasteiger partial charge in [0.05, 0.1) is 13.3 Å². The molecule has 0 amide bonds. The van der Waals surface area contributed by atoms with E-state index in [1.807, 2.05) is 41.3 Å². The van der Waals surface area contributed by atoms with Gasteiger partial charge < -0.3 is 4.74 Å². The SMILES string of the molecule is COc1ccccc1-n1cc(CN2CCCC(C3NNCC3c3c(F)cccc3F)C2)cn1. The van der Waals surface area contributed by atoms with Crippen LogP contribution < -0.4 is 15.6 Å². The van der Waals surface area contributed by atoms with Crippen molar-refractivity contribution in [1.82, 2.24) is 25.5 Å². The Morgan fingerprint density at radius 3 is 2.76 bits per heavy atom. The molecule has 174 valence electrons. The zero-order valence-electron chi connectivity index (χ0n) is 18.7. The van der Waals surface area contributed by atoms with Gasteiger partial charge in [-0.25, -0.2) is 13.5 Å². The van der Waals surface area contributed by atoms with Crippen LogP contribution in [0.2, 0.25) is 0 Å². The first-order valence-corrected chi connectivity index (χ1v) is 11.5. The largest absolute Gasteiger partial charge is 0.494 e. The highest BCUT2D eigenvalue weighted by Gasteiger charge is 2.39. The lowest BCUT2D eigenvalue weighted by molar-refractivity contribution is 0.139. The van der Waals surface area contributed by atoms with Gasteiger partial charge in [-0.1, -0.05) is 18.2 Å². The van der Waals surface area contributed by atoms with Crippen molar-refractivity contribution in [2.75, 3.05) is 26.7 Å². The third-order valence-corrected chi connectivity index (χ3v) is 6.82. The topological polar surface area (TPSA) is 54.4 Å². The summed E-state index contributed by atoms with van der Waals surface area (Å²) in [6.45, 7) is 3.16. The van der Waals surface area contributed by atoms with Crippen molar-refractivity contribution in [2.45, 2.75) is 31.3 Å². The Labute approximate surface area is 192 Å². The van der Waals surface area contributed by atoms with Crippen LogP contribution in [0.15, 0.2) is 54.9 Å². The van der Waals surface area contributed by atoms with E-state index in [9.17, 15) is 8.78 Å². The first-order valence-electron chi connectivity index (χ1n) is 11.5. The Kier molecular flexibility index (Phi) is 6.39. The zero-order chi connectivity index (χ0) is 22.8. The van der Waals surface area contributed by atoms with Gasteiger partial charge in [-0.15, -0.1) is 0 Å². The number of piperidine rings is 1. The predicted molar refractivity (Wildman–Crippen MR) is 122 cm³/mol. The van der Waals surface area contributed by atoms with E-state index >= 15 is 0 Å². The number of rotatable bonds is 6. The minimum atomic E-state index is -0.466. The lowest BCUT2D eigenvalue weighted by atomic mass is 9.80. The smallest absolute Gasteiger partial charge is 0.144 e. The Bertz CT molecular complexity index is 1080. The molecule has 2 aromatic carbocycles. The molecular weight excluding hydrogens is 424 g/mol. The van der Waals surface area contributed by atoms with Crippen LogP contribution in [0.25, 0.3) is 5.69 Å². The molecule has 0 bridgehead atoms. The van der Waals surface area contributed by atoms with Crippen molar-refractivity contribution in [2.24, 2.45) is 5.92 Å². The number of para-hydroxylation sites is 2. The second kappa shape index (κ2) is 9.59. The highest BCUT2D eigenvalue weighted by molar-refractivity contribution is 5.46. The number of methoxy groups -OCH3 is 1. The molecule has 0 spiro atoms. The Balaban J connectivity index is 1.28.